The first-order chi connectivity index (χ1) is 10.7. The van der Waals surface area contributed by atoms with E-state index in [-0.39, 0.29) is 12.2 Å². The molecule has 0 bridgehead atoms. The van der Waals surface area contributed by atoms with Crippen molar-refractivity contribution in [3.63, 3.8) is 0 Å². The first-order valence-electron chi connectivity index (χ1n) is 7.02. The predicted molar refractivity (Wildman–Crippen MR) is 86.6 cm³/mol. The third kappa shape index (κ3) is 4.27. The van der Waals surface area contributed by atoms with Crippen LogP contribution in [-0.4, -0.2) is 34.7 Å². The molecule has 9 heteroatoms. The summed E-state index contributed by atoms with van der Waals surface area (Å²) in [6.07, 6.45) is -4.32. The maximum absolute atomic E-state index is 12.6. The second-order valence-electron chi connectivity index (χ2n) is 4.92. The zero-order chi connectivity index (χ0) is 17.2. The molecule has 2 aromatic rings. The fourth-order valence-corrected chi connectivity index (χ4v) is 4.06. The Morgan fingerprint density at radius 1 is 1.35 bits per heavy atom. The van der Waals surface area contributed by atoms with E-state index >= 15 is 0 Å². The summed E-state index contributed by atoms with van der Waals surface area (Å²) >= 11 is 2.69. The van der Waals surface area contributed by atoms with Crippen molar-refractivity contribution < 1.29 is 17.9 Å². The maximum atomic E-state index is 12.6. The molecule has 0 aliphatic heterocycles. The van der Waals surface area contributed by atoms with Crippen molar-refractivity contribution in [2.45, 2.75) is 38.6 Å². The molecule has 0 radical (unpaired) electrons. The number of aryl methyl sites for hydroxylation is 2. The lowest BCUT2D eigenvalue weighted by Crippen LogP contribution is -2.23. The van der Waals surface area contributed by atoms with Crippen molar-refractivity contribution in [1.82, 2.24) is 9.55 Å². The highest BCUT2D eigenvalue weighted by Gasteiger charge is 2.27. The van der Waals surface area contributed by atoms with E-state index in [1.165, 1.54) is 23.1 Å². The van der Waals surface area contributed by atoms with Crippen LogP contribution >= 0.6 is 23.1 Å². The summed E-state index contributed by atoms with van der Waals surface area (Å²) in [5, 5.41) is 1.15. The Morgan fingerprint density at radius 2 is 2.04 bits per heavy atom. The molecular weight excluding hydrogens is 349 g/mol. The Kier molecular flexibility index (Phi) is 5.74. The quantitative estimate of drug-likeness (QED) is 0.444. The largest absolute Gasteiger partial charge is 0.411 e. The lowest BCUT2D eigenvalue weighted by atomic mass is 10.2. The van der Waals surface area contributed by atoms with Gasteiger partial charge in [-0.15, -0.1) is 11.3 Å². The molecule has 128 valence electrons. The Labute approximate surface area is 139 Å². The summed E-state index contributed by atoms with van der Waals surface area (Å²) < 4.78 is 42.1. The molecule has 0 amide bonds. The number of hydrogen-bond acceptors (Lipinski definition) is 5. The number of thioether (sulfide) groups is 1. The molecule has 0 saturated heterocycles. The molecule has 0 unspecified atom stereocenters. The van der Waals surface area contributed by atoms with Crippen LogP contribution in [0.5, 0.6) is 0 Å². The second-order valence-corrected chi connectivity index (χ2v) is 7.19. The molecule has 2 heterocycles. The fourth-order valence-electron chi connectivity index (χ4n) is 2.08. The molecule has 0 fully saturated rings. The van der Waals surface area contributed by atoms with Gasteiger partial charge in [0.1, 0.15) is 11.4 Å². The molecule has 2 rings (SSSR count). The molecule has 0 spiro atoms. The van der Waals surface area contributed by atoms with Gasteiger partial charge in [0.2, 0.25) is 0 Å². The summed E-state index contributed by atoms with van der Waals surface area (Å²) in [7, 11) is 0. The van der Waals surface area contributed by atoms with Gasteiger partial charge in [0.25, 0.3) is 5.56 Å². The fraction of sp³-hybridized carbons (Fsp3) is 0.571. The van der Waals surface area contributed by atoms with Crippen LogP contribution in [0.25, 0.3) is 10.2 Å². The Morgan fingerprint density at radius 3 is 2.65 bits per heavy atom. The van der Waals surface area contributed by atoms with Crippen molar-refractivity contribution in [2.75, 3.05) is 19.0 Å². The standard InChI is InChI=1S/C14H17F3N2O2S2/c1-4-19-12(20)10-8(2)9(3)23-11(10)18-13(19)22-6-5-21-7-14(15,16)17/h4-7H2,1-3H3. The van der Waals surface area contributed by atoms with E-state index in [1.807, 2.05) is 20.8 Å². The van der Waals surface area contributed by atoms with Gasteiger partial charge < -0.3 is 4.74 Å². The van der Waals surface area contributed by atoms with E-state index in [0.717, 1.165) is 10.4 Å². The van der Waals surface area contributed by atoms with Crippen molar-refractivity contribution in [3.05, 3.63) is 20.8 Å². The lowest BCUT2D eigenvalue weighted by molar-refractivity contribution is -0.172. The third-order valence-corrected chi connectivity index (χ3v) is 5.34. The molecule has 0 saturated carbocycles. The summed E-state index contributed by atoms with van der Waals surface area (Å²) in [6.45, 7) is 4.83. The number of thiophene rings is 1. The van der Waals surface area contributed by atoms with Crippen LogP contribution in [0.1, 0.15) is 17.4 Å². The highest BCUT2D eigenvalue weighted by Crippen LogP contribution is 2.28. The average Bonchev–Trinajstić information content (AvgIpc) is 2.73. The lowest BCUT2D eigenvalue weighted by Gasteiger charge is -2.10. The molecule has 23 heavy (non-hydrogen) atoms. The van der Waals surface area contributed by atoms with Gasteiger partial charge in [-0.25, -0.2) is 4.98 Å². The number of ether oxygens (including phenoxy) is 1. The number of rotatable bonds is 6. The zero-order valence-corrected chi connectivity index (χ0v) is 14.6. The van der Waals surface area contributed by atoms with Crippen LogP contribution in [0.4, 0.5) is 13.2 Å². The van der Waals surface area contributed by atoms with Gasteiger partial charge in [-0.05, 0) is 26.3 Å². The Bertz CT molecular complexity index is 753. The van der Waals surface area contributed by atoms with Crippen molar-refractivity contribution in [2.24, 2.45) is 0 Å². The van der Waals surface area contributed by atoms with Crippen molar-refractivity contribution >= 4 is 33.3 Å². The van der Waals surface area contributed by atoms with E-state index in [4.69, 9.17) is 0 Å². The topological polar surface area (TPSA) is 44.1 Å². The summed E-state index contributed by atoms with van der Waals surface area (Å²) in [6, 6.07) is 0. The second kappa shape index (κ2) is 7.23. The van der Waals surface area contributed by atoms with Gasteiger partial charge in [0, 0.05) is 17.2 Å². The van der Waals surface area contributed by atoms with E-state index in [0.29, 0.717) is 27.7 Å². The zero-order valence-electron chi connectivity index (χ0n) is 13.0. The van der Waals surface area contributed by atoms with Crippen molar-refractivity contribution in [3.8, 4) is 0 Å². The van der Waals surface area contributed by atoms with Crippen LogP contribution < -0.4 is 5.56 Å². The first kappa shape index (κ1) is 18.3. The van der Waals surface area contributed by atoms with E-state index in [9.17, 15) is 18.0 Å². The average molecular weight is 366 g/mol. The maximum Gasteiger partial charge on any atom is 0.411 e. The van der Waals surface area contributed by atoms with Gasteiger partial charge >= 0.3 is 6.18 Å². The number of hydrogen-bond donors (Lipinski definition) is 0. The van der Waals surface area contributed by atoms with Gasteiger partial charge in [0.15, 0.2) is 5.16 Å². The molecule has 0 atom stereocenters. The smallest absolute Gasteiger partial charge is 0.371 e. The van der Waals surface area contributed by atoms with Crippen LogP contribution in [0.2, 0.25) is 0 Å². The number of halogens is 3. The normalized spacial score (nSPS) is 12.3. The van der Waals surface area contributed by atoms with Gasteiger partial charge in [-0.1, -0.05) is 11.8 Å². The minimum atomic E-state index is -4.32. The molecule has 0 N–H and O–H groups in total. The minimum Gasteiger partial charge on any atom is -0.371 e. The van der Waals surface area contributed by atoms with Gasteiger partial charge in [0.05, 0.1) is 12.0 Å². The van der Waals surface area contributed by atoms with E-state index in [2.05, 4.69) is 9.72 Å². The number of alkyl halides is 3. The number of fused-ring (bicyclic) bond motifs is 1. The first-order valence-corrected chi connectivity index (χ1v) is 8.82. The summed E-state index contributed by atoms with van der Waals surface area (Å²) in [5.41, 5.74) is 0.841. The molecule has 0 aromatic carbocycles. The Balaban J connectivity index is 2.16. The van der Waals surface area contributed by atoms with Gasteiger partial charge in [-0.3, -0.25) is 9.36 Å². The molecule has 0 aliphatic carbocycles. The van der Waals surface area contributed by atoms with Crippen LogP contribution in [-0.2, 0) is 11.3 Å². The van der Waals surface area contributed by atoms with Crippen molar-refractivity contribution in [1.29, 1.82) is 0 Å². The molecular formula is C14H17F3N2O2S2. The summed E-state index contributed by atoms with van der Waals surface area (Å²) in [5.74, 6) is 0.303. The van der Waals surface area contributed by atoms with Crippen LogP contribution in [0, 0.1) is 13.8 Å². The highest BCUT2D eigenvalue weighted by molar-refractivity contribution is 7.99. The van der Waals surface area contributed by atoms with E-state index in [1.54, 1.807) is 4.57 Å². The molecule has 2 aromatic heterocycles. The summed E-state index contributed by atoms with van der Waals surface area (Å²) in [4.78, 5) is 18.8. The van der Waals surface area contributed by atoms with Gasteiger partial charge in [-0.2, -0.15) is 13.2 Å². The van der Waals surface area contributed by atoms with Crippen LogP contribution in [0.3, 0.4) is 0 Å². The molecule has 0 aliphatic rings. The monoisotopic (exact) mass is 366 g/mol. The Hall–Kier alpha value is -1.06. The minimum absolute atomic E-state index is 0.0513. The predicted octanol–water partition coefficient (Wildman–Crippen LogP) is 3.77. The van der Waals surface area contributed by atoms with E-state index < -0.39 is 12.8 Å². The number of aromatic nitrogens is 2. The van der Waals surface area contributed by atoms with Crippen LogP contribution in [0.15, 0.2) is 9.95 Å². The third-order valence-electron chi connectivity index (χ3n) is 3.29. The highest BCUT2D eigenvalue weighted by atomic mass is 32.2. The SMILES string of the molecule is CCn1c(SCCOCC(F)(F)F)nc2sc(C)c(C)c2c1=O. The number of nitrogens with zero attached hydrogens (tertiary/aromatic N) is 2. The molecule has 4 nitrogen and oxygen atoms in total.